The molecule has 1 aromatic heterocycles. The molecule has 0 unspecified atom stereocenters. The van der Waals surface area contributed by atoms with Crippen molar-refractivity contribution in [2.45, 2.75) is 45.4 Å². The molecule has 20 heavy (non-hydrogen) atoms. The van der Waals surface area contributed by atoms with Gasteiger partial charge in [0.05, 0.1) is 18.0 Å². The topological polar surface area (TPSA) is 104 Å². The van der Waals surface area contributed by atoms with Crippen molar-refractivity contribution in [3.8, 4) is 0 Å². The van der Waals surface area contributed by atoms with E-state index in [9.17, 15) is 9.90 Å². The molecule has 0 saturated heterocycles. The van der Waals surface area contributed by atoms with Crippen molar-refractivity contribution < 1.29 is 9.90 Å². The lowest BCUT2D eigenvalue weighted by Crippen LogP contribution is -2.38. The third-order valence-corrected chi connectivity index (χ3v) is 4.22. The van der Waals surface area contributed by atoms with Gasteiger partial charge in [0.25, 0.3) is 5.91 Å². The Labute approximate surface area is 119 Å². The number of hydrogen-bond donors (Lipinski definition) is 4. The second-order valence-electron chi connectivity index (χ2n) is 5.76. The highest BCUT2D eigenvalue weighted by atomic mass is 16.3. The molecule has 1 heterocycles. The number of carbonyl (C=O) groups is 1. The van der Waals surface area contributed by atoms with Crippen LogP contribution >= 0.6 is 0 Å². The van der Waals surface area contributed by atoms with Crippen LogP contribution in [0.15, 0.2) is 0 Å². The average molecular weight is 280 g/mol. The van der Waals surface area contributed by atoms with Crippen LogP contribution in [0.25, 0.3) is 0 Å². The number of nitrogens with two attached hydrogens (primary N) is 1. The van der Waals surface area contributed by atoms with Crippen LogP contribution in [-0.4, -0.2) is 34.4 Å². The molecule has 0 bridgehead atoms. The first-order chi connectivity index (χ1) is 9.62. The summed E-state index contributed by atoms with van der Waals surface area (Å²) < 4.78 is 0. The predicted octanol–water partition coefficient (Wildman–Crippen LogP) is 1.23. The van der Waals surface area contributed by atoms with Crippen LogP contribution in [0.2, 0.25) is 0 Å². The van der Waals surface area contributed by atoms with Crippen LogP contribution in [0.5, 0.6) is 0 Å². The third kappa shape index (κ3) is 2.95. The van der Waals surface area contributed by atoms with E-state index in [1.54, 1.807) is 0 Å². The number of H-pyrrole nitrogens is 1. The summed E-state index contributed by atoms with van der Waals surface area (Å²) in [5.41, 5.74) is 7.29. The molecular formula is C14H24N4O2. The maximum absolute atomic E-state index is 12.1. The van der Waals surface area contributed by atoms with Gasteiger partial charge in [-0.15, -0.1) is 0 Å². The van der Waals surface area contributed by atoms with Crippen LogP contribution < -0.4 is 11.1 Å². The minimum atomic E-state index is -0.263. The molecule has 6 nitrogen and oxygen atoms in total. The van der Waals surface area contributed by atoms with E-state index in [2.05, 4.69) is 15.5 Å². The van der Waals surface area contributed by atoms with Gasteiger partial charge >= 0.3 is 0 Å². The van der Waals surface area contributed by atoms with Gasteiger partial charge in [0.1, 0.15) is 0 Å². The van der Waals surface area contributed by atoms with E-state index in [1.807, 2.05) is 6.92 Å². The standard InChI is InChI=1S/C14H24N4O2/c1-2-5-10-11(15)12(18-17-10)13(20)16-8-14(9-19)6-3-4-7-14/h19H,2-9,15H2,1H3,(H,16,20)(H,17,18). The van der Waals surface area contributed by atoms with Gasteiger partial charge in [-0.2, -0.15) is 5.10 Å². The number of nitrogen functional groups attached to an aromatic ring is 1. The molecule has 5 N–H and O–H groups in total. The first kappa shape index (κ1) is 14.8. The number of aromatic amines is 1. The zero-order valence-corrected chi connectivity index (χ0v) is 12.0. The molecule has 1 aromatic rings. The zero-order valence-electron chi connectivity index (χ0n) is 12.0. The second kappa shape index (κ2) is 6.26. The molecule has 2 rings (SSSR count). The molecule has 1 fully saturated rings. The lowest BCUT2D eigenvalue weighted by Gasteiger charge is -2.26. The fraction of sp³-hybridized carbons (Fsp3) is 0.714. The first-order valence-electron chi connectivity index (χ1n) is 7.33. The summed E-state index contributed by atoms with van der Waals surface area (Å²) >= 11 is 0. The Kier molecular flexibility index (Phi) is 4.65. The largest absolute Gasteiger partial charge is 0.396 e. The maximum atomic E-state index is 12.1. The molecule has 6 heteroatoms. The first-order valence-corrected chi connectivity index (χ1v) is 7.33. The Bertz CT molecular complexity index is 464. The highest BCUT2D eigenvalue weighted by molar-refractivity contribution is 5.97. The van der Waals surface area contributed by atoms with Crippen molar-refractivity contribution in [1.29, 1.82) is 0 Å². The fourth-order valence-electron chi connectivity index (χ4n) is 2.87. The zero-order chi connectivity index (χ0) is 14.6. The van der Waals surface area contributed by atoms with Crippen LogP contribution in [0.4, 0.5) is 5.69 Å². The summed E-state index contributed by atoms with van der Waals surface area (Å²) in [5.74, 6) is -0.263. The molecule has 1 saturated carbocycles. The monoisotopic (exact) mass is 280 g/mol. The van der Waals surface area contributed by atoms with Crippen LogP contribution in [-0.2, 0) is 6.42 Å². The number of aromatic nitrogens is 2. The van der Waals surface area contributed by atoms with Crippen molar-refractivity contribution in [1.82, 2.24) is 15.5 Å². The van der Waals surface area contributed by atoms with E-state index in [0.29, 0.717) is 12.2 Å². The molecule has 112 valence electrons. The maximum Gasteiger partial charge on any atom is 0.273 e. The number of aliphatic hydroxyl groups excluding tert-OH is 1. The van der Waals surface area contributed by atoms with E-state index in [1.165, 1.54) is 0 Å². The van der Waals surface area contributed by atoms with Gasteiger partial charge < -0.3 is 16.2 Å². The number of nitrogens with one attached hydrogen (secondary N) is 2. The van der Waals surface area contributed by atoms with Gasteiger partial charge in [0, 0.05) is 12.0 Å². The Morgan fingerprint density at radius 1 is 1.50 bits per heavy atom. The molecule has 0 aromatic carbocycles. The number of aryl methyl sites for hydroxylation is 1. The fourth-order valence-corrected chi connectivity index (χ4v) is 2.87. The number of carbonyl (C=O) groups excluding carboxylic acids is 1. The van der Waals surface area contributed by atoms with Crippen molar-refractivity contribution >= 4 is 11.6 Å². The van der Waals surface area contributed by atoms with E-state index in [0.717, 1.165) is 44.2 Å². The van der Waals surface area contributed by atoms with E-state index >= 15 is 0 Å². The number of nitrogens with zero attached hydrogens (tertiary/aromatic N) is 1. The molecule has 1 amide bonds. The molecule has 0 spiro atoms. The number of hydrogen-bond acceptors (Lipinski definition) is 4. The molecular weight excluding hydrogens is 256 g/mol. The Balaban J connectivity index is 1.98. The summed E-state index contributed by atoms with van der Waals surface area (Å²) in [6, 6.07) is 0. The highest BCUT2D eigenvalue weighted by Crippen LogP contribution is 2.36. The Morgan fingerprint density at radius 2 is 2.20 bits per heavy atom. The Hall–Kier alpha value is -1.56. The van der Waals surface area contributed by atoms with Crippen LogP contribution in [0, 0.1) is 5.41 Å². The van der Waals surface area contributed by atoms with E-state index in [-0.39, 0.29) is 23.6 Å². The minimum absolute atomic E-state index is 0.115. The van der Waals surface area contributed by atoms with Crippen molar-refractivity contribution in [3.63, 3.8) is 0 Å². The smallest absolute Gasteiger partial charge is 0.273 e. The highest BCUT2D eigenvalue weighted by Gasteiger charge is 2.33. The van der Waals surface area contributed by atoms with Gasteiger partial charge in [-0.1, -0.05) is 26.2 Å². The van der Waals surface area contributed by atoms with Crippen LogP contribution in [0.1, 0.15) is 55.2 Å². The Morgan fingerprint density at radius 3 is 2.80 bits per heavy atom. The number of rotatable bonds is 6. The van der Waals surface area contributed by atoms with E-state index in [4.69, 9.17) is 5.73 Å². The summed E-state index contributed by atoms with van der Waals surface area (Å²) in [7, 11) is 0. The summed E-state index contributed by atoms with van der Waals surface area (Å²) in [4.78, 5) is 12.1. The lowest BCUT2D eigenvalue weighted by molar-refractivity contribution is 0.0877. The molecule has 0 aliphatic heterocycles. The number of anilines is 1. The summed E-state index contributed by atoms with van der Waals surface area (Å²) in [5, 5.41) is 19.2. The van der Waals surface area contributed by atoms with Crippen molar-refractivity contribution in [3.05, 3.63) is 11.4 Å². The predicted molar refractivity (Wildman–Crippen MR) is 77.3 cm³/mol. The number of aliphatic hydroxyl groups is 1. The van der Waals surface area contributed by atoms with Crippen LogP contribution in [0.3, 0.4) is 0 Å². The summed E-state index contributed by atoms with van der Waals surface area (Å²) in [6.07, 6.45) is 5.87. The average Bonchev–Trinajstić information content (AvgIpc) is 3.06. The minimum Gasteiger partial charge on any atom is -0.396 e. The van der Waals surface area contributed by atoms with Gasteiger partial charge in [0.2, 0.25) is 0 Å². The quantitative estimate of drug-likeness (QED) is 0.629. The molecule has 1 aliphatic rings. The van der Waals surface area contributed by atoms with Gasteiger partial charge in [-0.3, -0.25) is 9.89 Å². The summed E-state index contributed by atoms with van der Waals surface area (Å²) in [6.45, 7) is 2.65. The van der Waals surface area contributed by atoms with Gasteiger partial charge in [0.15, 0.2) is 5.69 Å². The molecule has 0 radical (unpaired) electrons. The van der Waals surface area contributed by atoms with E-state index < -0.39 is 0 Å². The SMILES string of the molecule is CCCc1[nH]nc(C(=O)NCC2(CO)CCCC2)c1N. The third-order valence-electron chi connectivity index (χ3n) is 4.22. The van der Waals surface area contributed by atoms with Crippen molar-refractivity contribution in [2.75, 3.05) is 18.9 Å². The van der Waals surface area contributed by atoms with Gasteiger partial charge in [-0.05, 0) is 19.3 Å². The normalized spacial score (nSPS) is 17.3. The molecule has 1 aliphatic carbocycles. The molecule has 0 atom stereocenters. The number of amides is 1. The van der Waals surface area contributed by atoms with Crippen molar-refractivity contribution in [2.24, 2.45) is 5.41 Å². The second-order valence-corrected chi connectivity index (χ2v) is 5.76. The lowest BCUT2D eigenvalue weighted by atomic mass is 9.87. The van der Waals surface area contributed by atoms with Gasteiger partial charge in [-0.25, -0.2) is 0 Å².